The number of fused-ring (bicyclic) bond motifs is 2. The Morgan fingerprint density at radius 3 is 2.14 bits per heavy atom. The number of hydrogen-bond acceptors (Lipinski definition) is 7. The predicted molar refractivity (Wildman–Crippen MR) is 130 cm³/mol. The molecule has 0 aromatic heterocycles. The zero-order chi connectivity index (χ0) is 25.9. The van der Waals surface area contributed by atoms with E-state index in [2.05, 4.69) is 21.7 Å². The maximum atomic E-state index is 13.3. The summed E-state index contributed by atoms with van der Waals surface area (Å²) >= 11 is 1.54. The fourth-order valence-electron chi connectivity index (χ4n) is 4.34. The molecule has 7 nitrogen and oxygen atoms in total. The molecule has 2 aromatic rings. The van der Waals surface area contributed by atoms with Gasteiger partial charge in [0.1, 0.15) is 0 Å². The van der Waals surface area contributed by atoms with Gasteiger partial charge in [0.25, 0.3) is 11.8 Å². The SMILES string of the molecule is CN1CCN(CCCN2c3ccccc3Sc3ccc(C(F)(F)F)cc32)CC1.O=C1CCC(=O)N1O. The van der Waals surface area contributed by atoms with E-state index < -0.39 is 23.6 Å². The number of anilines is 2. The number of nitrogens with zero attached hydrogens (tertiary/aromatic N) is 4. The molecule has 0 bridgehead atoms. The number of hydroxylamine groups is 2. The Kier molecular flexibility index (Phi) is 8.23. The second-order valence-electron chi connectivity index (χ2n) is 9.00. The second-order valence-corrected chi connectivity index (χ2v) is 10.1. The van der Waals surface area contributed by atoms with Crippen LogP contribution in [0, 0.1) is 0 Å². The number of benzene rings is 2. The molecule has 5 rings (SSSR count). The standard InChI is InChI=1S/C21H24F3N3S.C4H5NO3/c1-25-11-13-26(14-12-25)9-4-10-27-17-5-2-3-6-19(17)28-20-8-7-16(15-18(20)27)21(22,23)24;6-3-1-2-4(7)5(3)8/h2-3,5-8,15H,4,9-14H2,1H3;8H,1-2H2. The molecule has 3 aliphatic rings. The van der Waals surface area contributed by atoms with Crippen molar-refractivity contribution in [3.63, 3.8) is 0 Å². The number of rotatable bonds is 4. The van der Waals surface area contributed by atoms with Crippen LogP contribution in [0.5, 0.6) is 0 Å². The molecule has 2 amide bonds. The molecule has 0 atom stereocenters. The van der Waals surface area contributed by atoms with Crippen molar-refractivity contribution in [1.82, 2.24) is 14.9 Å². The Balaban J connectivity index is 0.000000325. The Morgan fingerprint density at radius 1 is 0.889 bits per heavy atom. The number of hydrogen-bond donors (Lipinski definition) is 1. The molecule has 0 saturated carbocycles. The molecule has 1 N–H and O–H groups in total. The van der Waals surface area contributed by atoms with E-state index in [4.69, 9.17) is 5.21 Å². The first-order valence-corrected chi connectivity index (χ1v) is 12.7. The largest absolute Gasteiger partial charge is 0.416 e. The minimum absolute atomic E-state index is 0.148. The van der Waals surface area contributed by atoms with E-state index in [9.17, 15) is 22.8 Å². The summed E-state index contributed by atoms with van der Waals surface area (Å²) in [5.41, 5.74) is 1.07. The van der Waals surface area contributed by atoms with E-state index in [-0.39, 0.29) is 17.9 Å². The van der Waals surface area contributed by atoms with E-state index in [1.54, 1.807) is 17.8 Å². The van der Waals surface area contributed by atoms with Gasteiger partial charge < -0.3 is 14.7 Å². The highest BCUT2D eigenvalue weighted by molar-refractivity contribution is 7.99. The highest BCUT2D eigenvalue weighted by atomic mass is 32.2. The number of para-hydroxylation sites is 1. The number of carbonyl (C=O) groups excluding carboxylic acids is 2. The number of alkyl halides is 3. The van der Waals surface area contributed by atoms with Gasteiger partial charge in [-0.2, -0.15) is 18.2 Å². The molecule has 36 heavy (non-hydrogen) atoms. The Labute approximate surface area is 212 Å². The maximum Gasteiger partial charge on any atom is 0.416 e. The van der Waals surface area contributed by atoms with Gasteiger partial charge in [0.15, 0.2) is 0 Å². The molecule has 0 radical (unpaired) electrons. The van der Waals surface area contributed by atoms with Crippen LogP contribution in [-0.4, -0.2) is 78.2 Å². The zero-order valence-corrected chi connectivity index (χ0v) is 20.8. The molecular formula is C25H29F3N4O3S. The summed E-state index contributed by atoms with van der Waals surface area (Å²) in [5, 5.41) is 8.57. The fraction of sp³-hybridized carbons (Fsp3) is 0.440. The van der Waals surface area contributed by atoms with Gasteiger partial charge in [0.2, 0.25) is 0 Å². The summed E-state index contributed by atoms with van der Waals surface area (Å²) in [6.07, 6.45) is -3.12. The van der Waals surface area contributed by atoms with Crippen molar-refractivity contribution in [3.8, 4) is 0 Å². The minimum atomic E-state index is -4.33. The number of piperazine rings is 1. The van der Waals surface area contributed by atoms with Crippen molar-refractivity contribution in [2.75, 3.05) is 51.2 Å². The first-order valence-electron chi connectivity index (χ1n) is 11.8. The van der Waals surface area contributed by atoms with Gasteiger partial charge in [0, 0.05) is 55.4 Å². The van der Waals surface area contributed by atoms with Gasteiger partial charge in [0.05, 0.1) is 16.9 Å². The molecule has 3 aliphatic heterocycles. The van der Waals surface area contributed by atoms with Crippen molar-refractivity contribution >= 4 is 35.0 Å². The number of likely N-dealkylation sites (N-methyl/N-ethyl adjacent to an activating group) is 1. The lowest BCUT2D eigenvalue weighted by molar-refractivity contribution is -0.171. The van der Waals surface area contributed by atoms with E-state index in [0.717, 1.165) is 54.6 Å². The van der Waals surface area contributed by atoms with Crippen molar-refractivity contribution < 1.29 is 28.0 Å². The van der Waals surface area contributed by atoms with Crippen LogP contribution in [0.3, 0.4) is 0 Å². The van der Waals surface area contributed by atoms with Crippen LogP contribution in [-0.2, 0) is 15.8 Å². The topological polar surface area (TPSA) is 67.3 Å². The van der Waals surface area contributed by atoms with Crippen LogP contribution >= 0.6 is 11.8 Å². The molecule has 3 heterocycles. The Bertz CT molecular complexity index is 1090. The lowest BCUT2D eigenvalue weighted by atomic mass is 10.1. The highest BCUT2D eigenvalue weighted by Crippen LogP contribution is 2.49. The van der Waals surface area contributed by atoms with Crippen LogP contribution in [0.2, 0.25) is 0 Å². The number of imide groups is 1. The van der Waals surface area contributed by atoms with Gasteiger partial charge in [-0.05, 0) is 50.3 Å². The predicted octanol–water partition coefficient (Wildman–Crippen LogP) is 4.47. The molecular weight excluding hydrogens is 493 g/mol. The third-order valence-electron chi connectivity index (χ3n) is 6.43. The summed E-state index contributed by atoms with van der Waals surface area (Å²) in [5.74, 6) is -1.01. The van der Waals surface area contributed by atoms with Gasteiger partial charge in [-0.15, -0.1) is 0 Å². The summed E-state index contributed by atoms with van der Waals surface area (Å²) in [6.45, 7) is 5.92. The fourth-order valence-corrected chi connectivity index (χ4v) is 5.41. The Hall–Kier alpha value is -2.60. The number of halogens is 3. The lowest BCUT2D eigenvalue weighted by Crippen LogP contribution is -2.45. The highest BCUT2D eigenvalue weighted by Gasteiger charge is 2.33. The van der Waals surface area contributed by atoms with Crippen molar-refractivity contribution in [3.05, 3.63) is 48.0 Å². The van der Waals surface area contributed by atoms with E-state index >= 15 is 0 Å². The maximum absolute atomic E-state index is 13.3. The lowest BCUT2D eigenvalue weighted by Gasteiger charge is -2.35. The van der Waals surface area contributed by atoms with Gasteiger partial charge in [-0.3, -0.25) is 14.8 Å². The quantitative estimate of drug-likeness (QED) is 0.470. The first kappa shape index (κ1) is 26.5. The molecule has 11 heteroatoms. The summed E-state index contributed by atoms with van der Waals surface area (Å²) < 4.78 is 39.8. The third-order valence-corrected chi connectivity index (χ3v) is 7.56. The van der Waals surface area contributed by atoms with Gasteiger partial charge in [-0.1, -0.05) is 23.9 Å². The molecule has 2 saturated heterocycles. The van der Waals surface area contributed by atoms with E-state index in [1.165, 1.54) is 12.1 Å². The molecule has 2 aromatic carbocycles. The van der Waals surface area contributed by atoms with Crippen molar-refractivity contribution in [2.24, 2.45) is 0 Å². The van der Waals surface area contributed by atoms with Gasteiger partial charge >= 0.3 is 6.18 Å². The second kappa shape index (κ2) is 11.2. The zero-order valence-electron chi connectivity index (χ0n) is 20.0. The van der Waals surface area contributed by atoms with Crippen molar-refractivity contribution in [1.29, 1.82) is 0 Å². The van der Waals surface area contributed by atoms with E-state index in [1.807, 2.05) is 24.3 Å². The third kappa shape index (κ3) is 6.20. The average Bonchev–Trinajstić information content (AvgIpc) is 3.15. The molecule has 0 spiro atoms. The van der Waals surface area contributed by atoms with Crippen LogP contribution in [0.4, 0.5) is 24.5 Å². The molecule has 0 aliphatic carbocycles. The normalized spacial score (nSPS) is 18.6. The number of amides is 2. The summed E-state index contributed by atoms with van der Waals surface area (Å²) in [7, 11) is 2.13. The minimum Gasteiger partial charge on any atom is -0.340 e. The smallest absolute Gasteiger partial charge is 0.340 e. The monoisotopic (exact) mass is 522 g/mol. The molecule has 2 fully saturated rings. The first-order chi connectivity index (χ1) is 17.1. The molecule has 0 unspecified atom stereocenters. The van der Waals surface area contributed by atoms with Crippen molar-refractivity contribution in [2.45, 2.75) is 35.2 Å². The van der Waals surface area contributed by atoms with Crippen LogP contribution in [0.1, 0.15) is 24.8 Å². The number of carbonyl (C=O) groups is 2. The molecule has 194 valence electrons. The summed E-state index contributed by atoms with van der Waals surface area (Å²) in [6, 6.07) is 12.0. The summed E-state index contributed by atoms with van der Waals surface area (Å²) in [4.78, 5) is 29.3. The van der Waals surface area contributed by atoms with Gasteiger partial charge in [-0.25, -0.2) is 0 Å². The van der Waals surface area contributed by atoms with Crippen LogP contribution in [0.15, 0.2) is 52.3 Å². The van der Waals surface area contributed by atoms with Crippen LogP contribution < -0.4 is 4.90 Å². The Morgan fingerprint density at radius 2 is 1.53 bits per heavy atom. The average molecular weight is 523 g/mol. The van der Waals surface area contributed by atoms with Crippen LogP contribution in [0.25, 0.3) is 0 Å². The van der Waals surface area contributed by atoms with E-state index in [0.29, 0.717) is 12.2 Å².